The predicted octanol–water partition coefficient (Wildman–Crippen LogP) is 2.55. The topological polar surface area (TPSA) is 49.8 Å². The van der Waals surface area contributed by atoms with Crippen LogP contribution in [0.2, 0.25) is 0 Å². The third kappa shape index (κ3) is 3.39. The summed E-state index contributed by atoms with van der Waals surface area (Å²) in [5, 5.41) is 10.7. The first-order valence-corrected chi connectivity index (χ1v) is 7.58. The lowest BCUT2D eigenvalue weighted by Gasteiger charge is -2.39. The van der Waals surface area contributed by atoms with Crippen LogP contribution < -0.4 is 0 Å². The Labute approximate surface area is 132 Å². The molecule has 22 heavy (non-hydrogen) atoms. The van der Waals surface area contributed by atoms with Crippen LogP contribution >= 0.6 is 0 Å². The minimum atomic E-state index is -0.640. The molecule has 0 bridgehead atoms. The minimum Gasteiger partial charge on any atom is -0.390 e. The van der Waals surface area contributed by atoms with Gasteiger partial charge in [0.05, 0.1) is 24.8 Å². The molecule has 1 aromatic rings. The van der Waals surface area contributed by atoms with Crippen molar-refractivity contribution in [3.8, 4) is 0 Å². The molecule has 1 aromatic carbocycles. The van der Waals surface area contributed by atoms with Gasteiger partial charge in [-0.1, -0.05) is 57.2 Å². The highest BCUT2D eigenvalue weighted by Gasteiger charge is 2.41. The molecule has 2 rings (SSSR count). The SMILES string of the molecule is COC[C@@H](c1ccccc1)N1C(=O)C=C[C@@H]1[C@H](O)C(C)(C)C. The fraction of sp³-hybridized carbons (Fsp3) is 0.500. The van der Waals surface area contributed by atoms with Gasteiger partial charge in [0.1, 0.15) is 0 Å². The van der Waals surface area contributed by atoms with Crippen LogP contribution in [0.15, 0.2) is 42.5 Å². The van der Waals surface area contributed by atoms with Crippen molar-refractivity contribution in [2.75, 3.05) is 13.7 Å². The van der Waals surface area contributed by atoms with Crippen molar-refractivity contribution in [2.24, 2.45) is 5.41 Å². The average Bonchev–Trinajstić information content (AvgIpc) is 2.85. The molecule has 0 radical (unpaired) electrons. The quantitative estimate of drug-likeness (QED) is 0.909. The monoisotopic (exact) mass is 303 g/mol. The molecule has 0 unspecified atom stereocenters. The van der Waals surface area contributed by atoms with Gasteiger partial charge >= 0.3 is 0 Å². The molecule has 0 fully saturated rings. The number of hydrogen-bond donors (Lipinski definition) is 1. The lowest BCUT2D eigenvalue weighted by molar-refractivity contribution is -0.134. The summed E-state index contributed by atoms with van der Waals surface area (Å²) in [5.74, 6) is -0.0841. The number of carbonyl (C=O) groups excluding carboxylic acids is 1. The van der Waals surface area contributed by atoms with Crippen molar-refractivity contribution in [1.82, 2.24) is 4.90 Å². The second-order valence-electron chi connectivity index (χ2n) is 6.79. The smallest absolute Gasteiger partial charge is 0.247 e. The lowest BCUT2D eigenvalue weighted by atomic mass is 9.84. The van der Waals surface area contributed by atoms with Crippen molar-refractivity contribution in [1.29, 1.82) is 0 Å². The summed E-state index contributed by atoms with van der Waals surface area (Å²) in [6.45, 7) is 6.31. The molecule has 0 spiro atoms. The molecule has 0 aliphatic carbocycles. The average molecular weight is 303 g/mol. The molecule has 4 heteroatoms. The summed E-state index contributed by atoms with van der Waals surface area (Å²) in [6, 6.07) is 9.25. The fourth-order valence-corrected chi connectivity index (χ4v) is 2.81. The number of nitrogens with zero attached hydrogens (tertiary/aromatic N) is 1. The van der Waals surface area contributed by atoms with Crippen molar-refractivity contribution in [3.63, 3.8) is 0 Å². The van der Waals surface area contributed by atoms with Crippen LogP contribution in [0.3, 0.4) is 0 Å². The van der Waals surface area contributed by atoms with E-state index in [1.807, 2.05) is 51.1 Å². The Morgan fingerprint density at radius 2 is 1.91 bits per heavy atom. The lowest BCUT2D eigenvalue weighted by Crippen LogP contribution is -2.49. The molecule has 0 saturated heterocycles. The van der Waals surface area contributed by atoms with E-state index in [0.29, 0.717) is 6.61 Å². The maximum Gasteiger partial charge on any atom is 0.247 e. The number of aliphatic hydroxyl groups is 1. The first-order valence-electron chi connectivity index (χ1n) is 7.58. The highest BCUT2D eigenvalue weighted by molar-refractivity contribution is 5.91. The number of rotatable bonds is 5. The molecule has 0 aromatic heterocycles. The van der Waals surface area contributed by atoms with Gasteiger partial charge in [-0.2, -0.15) is 0 Å². The zero-order chi connectivity index (χ0) is 16.3. The minimum absolute atomic E-state index is 0.0841. The normalized spacial score (nSPS) is 21.2. The molecule has 3 atom stereocenters. The summed E-state index contributed by atoms with van der Waals surface area (Å²) < 4.78 is 5.33. The maximum absolute atomic E-state index is 12.4. The second kappa shape index (κ2) is 6.63. The van der Waals surface area contributed by atoms with E-state index in [1.165, 1.54) is 0 Å². The van der Waals surface area contributed by atoms with Gasteiger partial charge in [0.2, 0.25) is 5.91 Å². The van der Waals surface area contributed by atoms with E-state index in [4.69, 9.17) is 4.74 Å². The molecule has 1 amide bonds. The standard InChI is InChI=1S/C18H25NO3/c1-18(2,3)17(21)14-10-11-16(20)19(14)15(12-22-4)13-8-6-5-7-9-13/h5-11,14-15,17,21H,12H2,1-4H3/t14-,15+,17+/m1/s1. The summed E-state index contributed by atoms with van der Waals surface area (Å²) in [4.78, 5) is 14.1. The Morgan fingerprint density at radius 3 is 2.45 bits per heavy atom. The van der Waals surface area contributed by atoms with Crippen molar-refractivity contribution >= 4 is 5.91 Å². The fourth-order valence-electron chi connectivity index (χ4n) is 2.81. The molecular formula is C18H25NO3. The maximum atomic E-state index is 12.4. The van der Waals surface area contributed by atoms with Crippen LogP contribution in [0.25, 0.3) is 0 Å². The van der Waals surface area contributed by atoms with E-state index >= 15 is 0 Å². The van der Waals surface area contributed by atoms with Gasteiger partial charge in [0, 0.05) is 13.2 Å². The molecule has 1 N–H and O–H groups in total. The first-order chi connectivity index (χ1) is 10.4. The van der Waals surface area contributed by atoms with Gasteiger partial charge in [-0.05, 0) is 11.0 Å². The Balaban J connectivity index is 2.34. The summed E-state index contributed by atoms with van der Waals surface area (Å²) in [7, 11) is 1.62. The van der Waals surface area contributed by atoms with Crippen LogP contribution in [0.4, 0.5) is 0 Å². The summed E-state index contributed by atoms with van der Waals surface area (Å²) >= 11 is 0. The molecule has 1 aliphatic rings. The van der Waals surface area contributed by atoms with Crippen LogP contribution in [0, 0.1) is 5.41 Å². The highest BCUT2D eigenvalue weighted by Crippen LogP contribution is 2.33. The van der Waals surface area contributed by atoms with E-state index < -0.39 is 6.10 Å². The zero-order valence-electron chi connectivity index (χ0n) is 13.7. The Hall–Kier alpha value is -1.65. The first kappa shape index (κ1) is 16.7. The second-order valence-corrected chi connectivity index (χ2v) is 6.79. The predicted molar refractivity (Wildman–Crippen MR) is 86.3 cm³/mol. The number of amides is 1. The Bertz CT molecular complexity index is 533. The Kier molecular flexibility index (Phi) is 5.04. The van der Waals surface area contributed by atoms with E-state index in [9.17, 15) is 9.90 Å². The largest absolute Gasteiger partial charge is 0.390 e. The number of benzene rings is 1. The van der Waals surface area contributed by atoms with E-state index in [2.05, 4.69) is 0 Å². The Morgan fingerprint density at radius 1 is 1.27 bits per heavy atom. The van der Waals surface area contributed by atoms with Crippen LogP contribution in [-0.4, -0.2) is 41.8 Å². The van der Waals surface area contributed by atoms with Crippen LogP contribution in [0.1, 0.15) is 32.4 Å². The van der Waals surface area contributed by atoms with Crippen molar-refractivity contribution < 1.29 is 14.6 Å². The number of methoxy groups -OCH3 is 1. The van der Waals surface area contributed by atoms with Gasteiger partial charge in [0.25, 0.3) is 0 Å². The van der Waals surface area contributed by atoms with Crippen molar-refractivity contribution in [3.05, 3.63) is 48.0 Å². The number of hydrogen-bond acceptors (Lipinski definition) is 3. The molecule has 4 nitrogen and oxygen atoms in total. The molecule has 0 saturated carbocycles. The molecule has 120 valence electrons. The number of ether oxygens (including phenoxy) is 1. The third-order valence-corrected chi connectivity index (χ3v) is 4.07. The van der Waals surface area contributed by atoms with Gasteiger partial charge in [0.15, 0.2) is 0 Å². The van der Waals surface area contributed by atoms with Gasteiger partial charge in [-0.3, -0.25) is 4.79 Å². The van der Waals surface area contributed by atoms with Gasteiger partial charge in [-0.15, -0.1) is 0 Å². The van der Waals surface area contributed by atoms with Crippen molar-refractivity contribution in [2.45, 2.75) is 39.0 Å². The molecule has 1 heterocycles. The number of aliphatic hydroxyl groups excluding tert-OH is 1. The molecule has 1 aliphatic heterocycles. The third-order valence-electron chi connectivity index (χ3n) is 4.07. The van der Waals surface area contributed by atoms with E-state index in [0.717, 1.165) is 5.56 Å². The zero-order valence-corrected chi connectivity index (χ0v) is 13.7. The highest BCUT2D eigenvalue weighted by atomic mass is 16.5. The van der Waals surface area contributed by atoms with Crippen LogP contribution in [-0.2, 0) is 9.53 Å². The summed E-state index contributed by atoms with van der Waals surface area (Å²) in [6.07, 6.45) is 2.70. The number of carbonyl (C=O) groups is 1. The summed E-state index contributed by atoms with van der Waals surface area (Å²) in [5.41, 5.74) is 0.694. The van der Waals surface area contributed by atoms with Gasteiger partial charge < -0.3 is 14.7 Å². The van der Waals surface area contributed by atoms with Crippen LogP contribution in [0.5, 0.6) is 0 Å². The molecular weight excluding hydrogens is 278 g/mol. The van der Waals surface area contributed by atoms with E-state index in [1.54, 1.807) is 24.2 Å². The van der Waals surface area contributed by atoms with E-state index in [-0.39, 0.29) is 23.4 Å². The van der Waals surface area contributed by atoms with Gasteiger partial charge in [-0.25, -0.2) is 0 Å².